The smallest absolute Gasteiger partial charge is 0.351 e. The predicted molar refractivity (Wildman–Crippen MR) is 62.5 cm³/mol. The first-order valence-electron chi connectivity index (χ1n) is 6.09. The van der Waals surface area contributed by atoms with Crippen molar-refractivity contribution >= 4 is 17.5 Å². The lowest BCUT2D eigenvalue weighted by Gasteiger charge is -2.28. The van der Waals surface area contributed by atoms with E-state index in [0.717, 1.165) is 19.3 Å². The summed E-state index contributed by atoms with van der Waals surface area (Å²) >= 11 is 3.93. The lowest BCUT2D eigenvalue weighted by atomic mass is 10.1. The summed E-state index contributed by atoms with van der Waals surface area (Å²) in [7, 11) is 0. The van der Waals surface area contributed by atoms with Crippen LogP contribution in [0.3, 0.4) is 0 Å². The number of carbonyl (C=O) groups is 1. The lowest BCUT2D eigenvalue weighted by Crippen LogP contribution is -2.59. The first-order chi connectivity index (χ1) is 8.98. The van der Waals surface area contributed by atoms with Gasteiger partial charge in [-0.2, -0.15) is 26.3 Å². The van der Waals surface area contributed by atoms with E-state index in [1.165, 1.54) is 5.32 Å². The molecule has 120 valence electrons. The van der Waals surface area contributed by atoms with Gasteiger partial charge in [0.25, 0.3) is 5.91 Å². The van der Waals surface area contributed by atoms with Gasteiger partial charge in [0.05, 0.1) is 0 Å². The summed E-state index contributed by atoms with van der Waals surface area (Å²) < 4.78 is 76.0. The molecular formula is C11H16ClF6NO. The summed E-state index contributed by atoms with van der Waals surface area (Å²) in [5.41, 5.74) is 0. The van der Waals surface area contributed by atoms with Crippen molar-refractivity contribution in [2.75, 3.05) is 6.54 Å². The number of unbranched alkanes of at least 4 members (excludes halogenated alkanes) is 4. The molecule has 0 aromatic rings. The van der Waals surface area contributed by atoms with Gasteiger partial charge in [-0.15, -0.1) is 0 Å². The van der Waals surface area contributed by atoms with Crippen LogP contribution in [0.5, 0.6) is 0 Å². The van der Waals surface area contributed by atoms with Crippen LogP contribution in [0, 0.1) is 0 Å². The SMILES string of the molecule is CCCCCCCNC(=O)C(F)(F)C(F)(F)C(F)(F)Cl. The zero-order valence-electron chi connectivity index (χ0n) is 10.8. The van der Waals surface area contributed by atoms with Gasteiger partial charge >= 0.3 is 17.2 Å². The van der Waals surface area contributed by atoms with Crippen LogP contribution in [-0.2, 0) is 4.79 Å². The Balaban J connectivity index is 4.39. The summed E-state index contributed by atoms with van der Waals surface area (Å²) in [6.07, 6.45) is 3.58. The maximum atomic E-state index is 13.0. The van der Waals surface area contributed by atoms with Crippen molar-refractivity contribution in [1.82, 2.24) is 5.32 Å². The highest BCUT2D eigenvalue weighted by Crippen LogP contribution is 2.47. The zero-order chi connectivity index (χ0) is 16.0. The summed E-state index contributed by atoms with van der Waals surface area (Å²) in [5.74, 6) is -14.0. The van der Waals surface area contributed by atoms with E-state index >= 15 is 0 Å². The number of halogens is 7. The van der Waals surface area contributed by atoms with Crippen LogP contribution in [0.2, 0.25) is 0 Å². The number of amides is 1. The second-order valence-corrected chi connectivity index (χ2v) is 4.79. The molecule has 20 heavy (non-hydrogen) atoms. The van der Waals surface area contributed by atoms with Gasteiger partial charge in [0.2, 0.25) is 0 Å². The average Bonchev–Trinajstić information content (AvgIpc) is 2.31. The molecule has 1 N–H and O–H groups in total. The minimum absolute atomic E-state index is 0.290. The monoisotopic (exact) mass is 327 g/mol. The highest BCUT2D eigenvalue weighted by molar-refractivity contribution is 6.22. The van der Waals surface area contributed by atoms with Crippen LogP contribution in [0.15, 0.2) is 0 Å². The molecule has 9 heteroatoms. The van der Waals surface area contributed by atoms with Gasteiger partial charge in [-0.3, -0.25) is 4.79 Å². The third-order valence-corrected chi connectivity index (χ3v) is 2.84. The standard InChI is InChI=1S/C11H16ClF6NO/c1-2-3-4-5-6-7-19-8(20)9(13,14)10(15,16)11(12,17)18/h2-7H2,1H3,(H,19,20). The van der Waals surface area contributed by atoms with Crippen molar-refractivity contribution in [1.29, 1.82) is 0 Å². The van der Waals surface area contributed by atoms with E-state index in [0.29, 0.717) is 12.8 Å². The van der Waals surface area contributed by atoms with Gasteiger partial charge in [-0.25, -0.2) is 0 Å². The molecule has 0 aliphatic rings. The molecule has 0 aliphatic heterocycles. The summed E-state index contributed by atoms with van der Waals surface area (Å²) in [6.45, 7) is 1.67. The van der Waals surface area contributed by atoms with Crippen molar-refractivity contribution in [2.24, 2.45) is 0 Å². The Morgan fingerprint density at radius 2 is 1.50 bits per heavy atom. The largest absolute Gasteiger partial charge is 0.395 e. The van der Waals surface area contributed by atoms with Crippen molar-refractivity contribution in [2.45, 2.75) is 56.3 Å². The maximum Gasteiger partial charge on any atom is 0.395 e. The molecule has 0 heterocycles. The van der Waals surface area contributed by atoms with Crippen LogP contribution in [0.25, 0.3) is 0 Å². The lowest BCUT2D eigenvalue weighted by molar-refractivity contribution is -0.269. The normalized spacial score (nSPS) is 13.4. The van der Waals surface area contributed by atoms with Crippen molar-refractivity contribution in [3.63, 3.8) is 0 Å². The molecule has 0 aliphatic carbocycles. The number of hydrogen-bond donors (Lipinski definition) is 1. The Kier molecular flexibility index (Phi) is 7.13. The molecule has 0 radical (unpaired) electrons. The van der Waals surface area contributed by atoms with E-state index in [1.807, 2.05) is 6.92 Å². The van der Waals surface area contributed by atoms with E-state index in [9.17, 15) is 31.1 Å². The van der Waals surface area contributed by atoms with E-state index in [2.05, 4.69) is 11.6 Å². The molecule has 2 nitrogen and oxygen atoms in total. The third kappa shape index (κ3) is 4.71. The molecule has 0 bridgehead atoms. The summed E-state index contributed by atoms with van der Waals surface area (Å²) in [4.78, 5) is 10.9. The Morgan fingerprint density at radius 1 is 1.00 bits per heavy atom. The average molecular weight is 328 g/mol. The van der Waals surface area contributed by atoms with E-state index < -0.39 is 23.1 Å². The molecule has 0 aromatic heterocycles. The Bertz CT molecular complexity index is 319. The topological polar surface area (TPSA) is 29.1 Å². The molecule has 0 saturated heterocycles. The van der Waals surface area contributed by atoms with Gasteiger partial charge in [0.1, 0.15) is 0 Å². The molecular weight excluding hydrogens is 312 g/mol. The number of hydrogen-bond acceptors (Lipinski definition) is 1. The van der Waals surface area contributed by atoms with E-state index in [1.54, 1.807) is 0 Å². The first kappa shape index (κ1) is 19.3. The maximum absolute atomic E-state index is 13.0. The van der Waals surface area contributed by atoms with Crippen LogP contribution in [0.4, 0.5) is 26.3 Å². The second-order valence-electron chi connectivity index (χ2n) is 4.32. The minimum Gasteiger partial charge on any atom is -0.351 e. The highest BCUT2D eigenvalue weighted by atomic mass is 35.5. The van der Waals surface area contributed by atoms with Crippen LogP contribution >= 0.6 is 11.6 Å². The first-order valence-corrected chi connectivity index (χ1v) is 6.47. The molecule has 0 unspecified atom stereocenters. The molecule has 0 rings (SSSR count). The van der Waals surface area contributed by atoms with Crippen molar-refractivity contribution in [3.05, 3.63) is 0 Å². The van der Waals surface area contributed by atoms with Crippen molar-refractivity contribution in [3.8, 4) is 0 Å². The zero-order valence-corrected chi connectivity index (χ0v) is 11.6. The Labute approximate surface area is 117 Å². The summed E-state index contributed by atoms with van der Waals surface area (Å²) in [6, 6.07) is 0. The fourth-order valence-corrected chi connectivity index (χ4v) is 1.48. The number of alkyl halides is 7. The number of carbonyl (C=O) groups excluding carboxylic acids is 1. The Hall–Kier alpha value is -0.660. The Morgan fingerprint density at radius 3 is 1.95 bits per heavy atom. The fraction of sp³-hybridized carbons (Fsp3) is 0.909. The van der Waals surface area contributed by atoms with Gasteiger partial charge in [-0.1, -0.05) is 32.6 Å². The molecule has 0 spiro atoms. The fourth-order valence-electron chi connectivity index (χ4n) is 1.36. The molecule has 0 fully saturated rings. The van der Waals surface area contributed by atoms with Gasteiger partial charge in [0, 0.05) is 6.54 Å². The second kappa shape index (κ2) is 7.38. The molecule has 0 saturated carbocycles. The minimum atomic E-state index is -5.96. The molecule has 1 amide bonds. The van der Waals surface area contributed by atoms with Crippen molar-refractivity contribution < 1.29 is 31.1 Å². The summed E-state index contributed by atoms with van der Waals surface area (Å²) in [5, 5.41) is -4.00. The highest BCUT2D eigenvalue weighted by Gasteiger charge is 2.74. The number of rotatable bonds is 9. The quantitative estimate of drug-likeness (QED) is 0.384. The molecule has 0 atom stereocenters. The van der Waals surface area contributed by atoms with E-state index in [-0.39, 0.29) is 6.54 Å². The number of nitrogens with one attached hydrogen (secondary N) is 1. The predicted octanol–water partition coefficient (Wildman–Crippen LogP) is 4.18. The van der Waals surface area contributed by atoms with Gasteiger partial charge in [-0.05, 0) is 18.0 Å². The molecule has 0 aromatic carbocycles. The van der Waals surface area contributed by atoms with Crippen LogP contribution in [-0.4, -0.2) is 29.7 Å². The van der Waals surface area contributed by atoms with E-state index in [4.69, 9.17) is 0 Å². The third-order valence-electron chi connectivity index (χ3n) is 2.60. The van der Waals surface area contributed by atoms with Crippen LogP contribution in [0.1, 0.15) is 39.0 Å². The van der Waals surface area contributed by atoms with Gasteiger partial charge in [0.15, 0.2) is 0 Å². The van der Waals surface area contributed by atoms with Crippen LogP contribution < -0.4 is 5.32 Å². The van der Waals surface area contributed by atoms with Gasteiger partial charge < -0.3 is 5.32 Å².